The van der Waals surface area contributed by atoms with E-state index in [1.54, 1.807) is 11.8 Å². The van der Waals surface area contributed by atoms with Crippen molar-refractivity contribution in [1.29, 1.82) is 0 Å². The fourth-order valence-corrected chi connectivity index (χ4v) is 2.23. The molecule has 12 heavy (non-hydrogen) atoms. The van der Waals surface area contributed by atoms with Crippen LogP contribution in [0.25, 0.3) is 0 Å². The Morgan fingerprint density at radius 2 is 2.50 bits per heavy atom. The molecule has 1 aliphatic rings. The van der Waals surface area contributed by atoms with Gasteiger partial charge in [-0.1, -0.05) is 0 Å². The van der Waals surface area contributed by atoms with Crippen molar-refractivity contribution in [3.05, 3.63) is 0 Å². The summed E-state index contributed by atoms with van der Waals surface area (Å²) in [6, 6.07) is 0.376. The lowest BCUT2D eigenvalue weighted by atomic mass is 10.2. The molecule has 0 aromatic heterocycles. The van der Waals surface area contributed by atoms with Gasteiger partial charge in [-0.3, -0.25) is 4.79 Å². The summed E-state index contributed by atoms with van der Waals surface area (Å²) in [7, 11) is 0. The third kappa shape index (κ3) is 3.45. The number of carbonyl (C=O) groups is 1. The molecule has 0 aromatic carbocycles. The average molecular weight is 189 g/mol. The molecule has 70 valence electrons. The minimum Gasteiger partial charge on any atom is -0.396 e. The highest BCUT2D eigenvalue weighted by Gasteiger charge is 2.19. The summed E-state index contributed by atoms with van der Waals surface area (Å²) in [4.78, 5) is 10.8. The minimum atomic E-state index is 0.183. The fraction of sp³-hybridized carbons (Fsp3) is 0.875. The van der Waals surface area contributed by atoms with Crippen molar-refractivity contribution in [2.45, 2.75) is 25.3 Å². The fourth-order valence-electron chi connectivity index (χ4n) is 1.19. The van der Waals surface area contributed by atoms with Gasteiger partial charge in [0.1, 0.15) is 0 Å². The second kappa shape index (κ2) is 5.43. The van der Waals surface area contributed by atoms with Crippen molar-refractivity contribution in [1.82, 2.24) is 5.32 Å². The number of aliphatic hydroxyl groups excluding tert-OH is 1. The summed E-state index contributed by atoms with van der Waals surface area (Å²) in [6.45, 7) is 0.268. The zero-order valence-electron chi connectivity index (χ0n) is 7.08. The molecule has 1 unspecified atom stereocenters. The van der Waals surface area contributed by atoms with Crippen LogP contribution < -0.4 is 5.32 Å². The van der Waals surface area contributed by atoms with Crippen LogP contribution in [0.3, 0.4) is 0 Å². The first-order valence-electron chi connectivity index (χ1n) is 4.31. The van der Waals surface area contributed by atoms with Crippen molar-refractivity contribution in [2.24, 2.45) is 0 Å². The molecule has 1 rings (SSSR count). The van der Waals surface area contributed by atoms with Gasteiger partial charge >= 0.3 is 0 Å². The number of carbonyl (C=O) groups excluding carboxylic acids is 1. The largest absolute Gasteiger partial charge is 0.396 e. The maximum absolute atomic E-state index is 10.8. The van der Waals surface area contributed by atoms with Gasteiger partial charge in [0, 0.05) is 24.8 Å². The lowest BCUT2D eigenvalue weighted by Crippen LogP contribution is -2.27. The number of rotatable bonds is 5. The first-order chi connectivity index (χ1) is 5.83. The molecule has 3 nitrogen and oxygen atoms in total. The van der Waals surface area contributed by atoms with E-state index in [0.29, 0.717) is 12.5 Å². The summed E-state index contributed by atoms with van der Waals surface area (Å²) >= 11 is 1.80. The highest BCUT2D eigenvalue weighted by molar-refractivity contribution is 7.99. The molecule has 2 N–H and O–H groups in total. The number of nitrogens with one attached hydrogen (secondary N) is 1. The van der Waals surface area contributed by atoms with Gasteiger partial charge in [0.2, 0.25) is 5.91 Å². The predicted molar refractivity (Wildman–Crippen MR) is 50.2 cm³/mol. The summed E-state index contributed by atoms with van der Waals surface area (Å²) in [6.07, 6.45) is 2.52. The molecule has 1 fully saturated rings. The lowest BCUT2D eigenvalue weighted by Gasteiger charge is -2.07. The van der Waals surface area contributed by atoms with E-state index < -0.39 is 0 Å². The third-order valence-electron chi connectivity index (χ3n) is 1.85. The second-order valence-corrected chi connectivity index (χ2v) is 4.11. The van der Waals surface area contributed by atoms with Crippen LogP contribution >= 0.6 is 11.8 Å². The summed E-state index contributed by atoms with van der Waals surface area (Å²) in [5.41, 5.74) is 0. The van der Waals surface area contributed by atoms with Gasteiger partial charge in [0.15, 0.2) is 0 Å². The number of thioether (sulfide) groups is 1. The van der Waals surface area contributed by atoms with Gasteiger partial charge in [-0.15, -0.1) is 0 Å². The quantitative estimate of drug-likeness (QED) is 0.615. The minimum absolute atomic E-state index is 0.183. The smallest absolute Gasteiger partial charge is 0.220 e. The molecule has 0 aliphatic carbocycles. The Kier molecular flexibility index (Phi) is 4.46. The van der Waals surface area contributed by atoms with E-state index in [9.17, 15) is 4.79 Å². The Morgan fingerprint density at radius 1 is 1.67 bits per heavy atom. The van der Waals surface area contributed by atoms with Gasteiger partial charge in [-0.05, 0) is 18.6 Å². The molecule has 1 atom stereocenters. The van der Waals surface area contributed by atoms with E-state index in [0.717, 1.165) is 24.3 Å². The highest BCUT2D eigenvalue weighted by Crippen LogP contribution is 2.13. The third-order valence-corrected chi connectivity index (χ3v) is 3.07. The Bertz CT molecular complexity index is 152. The molecule has 1 aliphatic heterocycles. The average Bonchev–Trinajstić information content (AvgIpc) is 2.45. The summed E-state index contributed by atoms with van der Waals surface area (Å²) in [5, 5.41) is 11.4. The van der Waals surface area contributed by atoms with Crippen molar-refractivity contribution in [2.75, 3.05) is 18.1 Å². The number of amides is 1. The van der Waals surface area contributed by atoms with E-state index in [4.69, 9.17) is 5.11 Å². The second-order valence-electron chi connectivity index (χ2n) is 2.96. The van der Waals surface area contributed by atoms with Gasteiger partial charge in [-0.25, -0.2) is 0 Å². The molecule has 1 amide bonds. The van der Waals surface area contributed by atoms with E-state index in [1.807, 2.05) is 0 Å². The van der Waals surface area contributed by atoms with Gasteiger partial charge in [0.25, 0.3) is 0 Å². The first kappa shape index (κ1) is 9.86. The van der Waals surface area contributed by atoms with Crippen LogP contribution in [0.4, 0.5) is 0 Å². The molecule has 0 spiro atoms. The number of hydrogen-bond donors (Lipinski definition) is 2. The molecular formula is C8H15NO2S. The van der Waals surface area contributed by atoms with E-state index >= 15 is 0 Å². The molecule has 0 saturated carbocycles. The van der Waals surface area contributed by atoms with Gasteiger partial charge in [0.05, 0.1) is 0 Å². The molecule has 0 bridgehead atoms. The molecule has 4 heteroatoms. The Balaban J connectivity index is 1.97. The summed E-state index contributed by atoms with van der Waals surface area (Å²) in [5.74, 6) is 2.16. The van der Waals surface area contributed by atoms with Crippen LogP contribution in [0, 0.1) is 0 Å². The van der Waals surface area contributed by atoms with E-state index in [1.165, 1.54) is 0 Å². The van der Waals surface area contributed by atoms with Crippen LogP contribution in [0.2, 0.25) is 0 Å². The standard InChI is InChI=1S/C8H15NO2S/c10-4-1-5-12-6-7-2-3-8(11)9-7/h7,10H,1-6H2,(H,9,11). The highest BCUT2D eigenvalue weighted by atomic mass is 32.2. The zero-order chi connectivity index (χ0) is 8.81. The number of aliphatic hydroxyl groups is 1. The van der Waals surface area contributed by atoms with Crippen molar-refractivity contribution >= 4 is 17.7 Å². The Hall–Kier alpha value is -0.220. The molecule has 0 radical (unpaired) electrons. The normalized spacial score (nSPS) is 22.8. The van der Waals surface area contributed by atoms with Crippen molar-refractivity contribution in [3.63, 3.8) is 0 Å². The molecule has 0 aromatic rings. The first-order valence-corrected chi connectivity index (χ1v) is 5.46. The lowest BCUT2D eigenvalue weighted by molar-refractivity contribution is -0.119. The SMILES string of the molecule is O=C1CCC(CSCCCO)N1. The van der Waals surface area contributed by atoms with Gasteiger partial charge < -0.3 is 10.4 Å². The topological polar surface area (TPSA) is 49.3 Å². The van der Waals surface area contributed by atoms with Crippen LogP contribution in [0.1, 0.15) is 19.3 Å². The molecular weight excluding hydrogens is 174 g/mol. The van der Waals surface area contributed by atoms with Crippen LogP contribution in [-0.4, -0.2) is 35.2 Å². The maximum Gasteiger partial charge on any atom is 0.220 e. The van der Waals surface area contributed by atoms with Crippen LogP contribution in [0.5, 0.6) is 0 Å². The van der Waals surface area contributed by atoms with Crippen molar-refractivity contribution in [3.8, 4) is 0 Å². The Morgan fingerprint density at radius 3 is 3.08 bits per heavy atom. The van der Waals surface area contributed by atoms with Crippen LogP contribution in [-0.2, 0) is 4.79 Å². The molecule has 1 saturated heterocycles. The zero-order valence-corrected chi connectivity index (χ0v) is 7.90. The van der Waals surface area contributed by atoms with Gasteiger partial charge in [-0.2, -0.15) is 11.8 Å². The van der Waals surface area contributed by atoms with E-state index in [-0.39, 0.29) is 12.5 Å². The monoisotopic (exact) mass is 189 g/mol. The van der Waals surface area contributed by atoms with Crippen molar-refractivity contribution < 1.29 is 9.90 Å². The molecule has 1 heterocycles. The maximum atomic E-state index is 10.8. The summed E-state index contributed by atoms with van der Waals surface area (Å²) < 4.78 is 0. The predicted octanol–water partition coefficient (Wildman–Crippen LogP) is 0.381. The Labute approximate surface area is 76.9 Å². The van der Waals surface area contributed by atoms with Crippen LogP contribution in [0.15, 0.2) is 0 Å². The number of hydrogen-bond acceptors (Lipinski definition) is 3. The van der Waals surface area contributed by atoms with E-state index in [2.05, 4.69) is 5.32 Å².